The van der Waals surface area contributed by atoms with E-state index in [-0.39, 0.29) is 24.5 Å². The first-order valence-electron chi connectivity index (χ1n) is 6.48. The van der Waals surface area contributed by atoms with Crippen LogP contribution < -0.4 is 4.74 Å². The van der Waals surface area contributed by atoms with E-state index in [1.54, 1.807) is 6.07 Å². The summed E-state index contributed by atoms with van der Waals surface area (Å²) in [6.45, 7) is 2.53. The second-order valence-electron chi connectivity index (χ2n) is 4.42. The van der Waals surface area contributed by atoms with Gasteiger partial charge >= 0.3 is 17.6 Å². The van der Waals surface area contributed by atoms with Gasteiger partial charge in [0.2, 0.25) is 0 Å². The number of rotatable bonds is 7. The van der Waals surface area contributed by atoms with Crippen molar-refractivity contribution in [2.75, 3.05) is 13.7 Å². The smallest absolute Gasteiger partial charge is 0.311 e. The van der Waals surface area contributed by atoms with Crippen molar-refractivity contribution in [3.63, 3.8) is 0 Å². The molecular formula is C14H17NO7. The number of hydrogen-bond donors (Lipinski definition) is 0. The highest BCUT2D eigenvalue weighted by Gasteiger charge is 2.21. The number of nitrogens with zero attached hydrogens (tertiary/aromatic N) is 1. The predicted molar refractivity (Wildman–Crippen MR) is 75.4 cm³/mol. The van der Waals surface area contributed by atoms with Gasteiger partial charge in [-0.3, -0.25) is 19.7 Å². The lowest BCUT2D eigenvalue weighted by molar-refractivity contribution is -0.385. The van der Waals surface area contributed by atoms with Gasteiger partial charge in [0, 0.05) is 26.3 Å². The molecule has 0 aliphatic carbocycles. The van der Waals surface area contributed by atoms with Crippen LogP contribution >= 0.6 is 0 Å². The van der Waals surface area contributed by atoms with Crippen molar-refractivity contribution in [3.05, 3.63) is 33.9 Å². The van der Waals surface area contributed by atoms with Crippen LogP contribution in [0.1, 0.15) is 31.9 Å². The summed E-state index contributed by atoms with van der Waals surface area (Å²) in [5, 5.41) is 11.0. The van der Waals surface area contributed by atoms with Gasteiger partial charge in [-0.15, -0.1) is 0 Å². The molecule has 8 nitrogen and oxygen atoms in total. The highest BCUT2D eigenvalue weighted by Crippen LogP contribution is 2.32. The Morgan fingerprint density at radius 1 is 1.27 bits per heavy atom. The van der Waals surface area contributed by atoms with Crippen LogP contribution in [-0.4, -0.2) is 30.6 Å². The minimum absolute atomic E-state index is 0.0348. The number of nitro benzene ring substituents is 1. The summed E-state index contributed by atoms with van der Waals surface area (Å²) in [4.78, 5) is 32.4. The van der Waals surface area contributed by atoms with Crippen molar-refractivity contribution < 1.29 is 28.7 Å². The van der Waals surface area contributed by atoms with Gasteiger partial charge in [-0.25, -0.2) is 0 Å². The molecule has 0 radical (unpaired) electrons. The van der Waals surface area contributed by atoms with Gasteiger partial charge in [-0.2, -0.15) is 0 Å². The molecule has 1 aromatic rings. The standard InChI is InChI=1S/C14H17NO7/c1-9(16)21-7-6-13(22-10(2)17)11-4-5-14(20-3)12(8-11)15(18)19/h4-5,8,13H,6-7H2,1-3H3. The lowest BCUT2D eigenvalue weighted by atomic mass is 10.1. The van der Waals surface area contributed by atoms with E-state index in [2.05, 4.69) is 0 Å². The Hall–Kier alpha value is -2.64. The van der Waals surface area contributed by atoms with E-state index in [0.717, 1.165) is 0 Å². The second kappa shape index (κ2) is 7.96. The lowest BCUT2D eigenvalue weighted by Crippen LogP contribution is -2.13. The Morgan fingerprint density at radius 2 is 1.95 bits per heavy atom. The number of hydrogen-bond acceptors (Lipinski definition) is 7. The fourth-order valence-electron chi connectivity index (χ4n) is 1.85. The summed E-state index contributed by atoms with van der Waals surface area (Å²) in [6, 6.07) is 4.27. The molecule has 0 amide bonds. The van der Waals surface area contributed by atoms with Crippen molar-refractivity contribution in [1.29, 1.82) is 0 Å². The maximum atomic E-state index is 11.2. The summed E-state index contributed by atoms with van der Waals surface area (Å²) in [6.07, 6.45) is -0.552. The van der Waals surface area contributed by atoms with Crippen LogP contribution in [0.15, 0.2) is 18.2 Å². The van der Waals surface area contributed by atoms with E-state index in [4.69, 9.17) is 14.2 Å². The SMILES string of the molecule is COc1ccc(C(CCOC(C)=O)OC(C)=O)cc1[N+](=O)[O-]. The predicted octanol–water partition coefficient (Wildman–Crippen LogP) is 2.16. The van der Waals surface area contributed by atoms with Crippen molar-refractivity contribution in [1.82, 2.24) is 0 Å². The topological polar surface area (TPSA) is 105 Å². The first-order chi connectivity index (χ1) is 10.3. The average molecular weight is 311 g/mol. The van der Waals surface area contributed by atoms with Gasteiger partial charge in [-0.05, 0) is 11.6 Å². The molecule has 0 bridgehead atoms. The Morgan fingerprint density at radius 3 is 2.45 bits per heavy atom. The molecule has 1 aromatic carbocycles. The van der Waals surface area contributed by atoms with E-state index in [1.165, 1.54) is 33.1 Å². The highest BCUT2D eigenvalue weighted by atomic mass is 16.6. The third kappa shape index (κ3) is 5.04. The first kappa shape index (κ1) is 17.4. The Bertz CT molecular complexity index is 570. The second-order valence-corrected chi connectivity index (χ2v) is 4.42. The molecule has 1 atom stereocenters. The number of methoxy groups -OCH3 is 1. The molecule has 0 heterocycles. The molecule has 1 rings (SSSR count). The number of carbonyl (C=O) groups excluding carboxylic acids is 2. The van der Waals surface area contributed by atoms with Crippen molar-refractivity contribution in [2.24, 2.45) is 0 Å². The van der Waals surface area contributed by atoms with Crippen LogP contribution in [0.3, 0.4) is 0 Å². The third-order valence-corrected chi connectivity index (χ3v) is 2.76. The van der Waals surface area contributed by atoms with Gasteiger partial charge in [0.25, 0.3) is 0 Å². The summed E-state index contributed by atoms with van der Waals surface area (Å²) in [5.74, 6) is -0.885. The Kier molecular flexibility index (Phi) is 6.30. The molecule has 8 heteroatoms. The average Bonchev–Trinajstić information content (AvgIpc) is 2.44. The summed E-state index contributed by atoms with van der Waals surface area (Å²) >= 11 is 0. The monoisotopic (exact) mass is 311 g/mol. The molecule has 0 saturated carbocycles. The summed E-state index contributed by atoms with van der Waals surface area (Å²) in [7, 11) is 1.33. The van der Waals surface area contributed by atoms with Gasteiger partial charge in [0.05, 0.1) is 18.6 Å². The Balaban J connectivity index is 3.02. The first-order valence-corrected chi connectivity index (χ1v) is 6.48. The maximum absolute atomic E-state index is 11.2. The van der Waals surface area contributed by atoms with Gasteiger partial charge < -0.3 is 14.2 Å². The minimum Gasteiger partial charge on any atom is -0.490 e. The number of carbonyl (C=O) groups is 2. The zero-order valence-electron chi connectivity index (χ0n) is 12.5. The largest absolute Gasteiger partial charge is 0.490 e. The number of nitro groups is 1. The van der Waals surface area contributed by atoms with E-state index in [0.29, 0.717) is 5.56 Å². The number of benzene rings is 1. The third-order valence-electron chi connectivity index (χ3n) is 2.76. The van der Waals surface area contributed by atoms with E-state index >= 15 is 0 Å². The van der Waals surface area contributed by atoms with Gasteiger partial charge in [0.15, 0.2) is 5.75 Å². The van der Waals surface area contributed by atoms with Gasteiger partial charge in [-0.1, -0.05) is 6.07 Å². The maximum Gasteiger partial charge on any atom is 0.311 e. The van der Waals surface area contributed by atoms with Gasteiger partial charge in [0.1, 0.15) is 6.10 Å². The molecular weight excluding hydrogens is 294 g/mol. The molecule has 0 spiro atoms. The van der Waals surface area contributed by atoms with Crippen LogP contribution in [0.4, 0.5) is 5.69 Å². The molecule has 1 unspecified atom stereocenters. The Labute approximate surface area is 127 Å². The number of esters is 2. The van der Waals surface area contributed by atoms with Crippen molar-refractivity contribution in [3.8, 4) is 5.75 Å². The molecule has 22 heavy (non-hydrogen) atoms. The summed E-state index contributed by atoms with van der Waals surface area (Å²) in [5.41, 5.74) is 0.194. The van der Waals surface area contributed by atoms with Crippen molar-refractivity contribution in [2.45, 2.75) is 26.4 Å². The van der Waals surface area contributed by atoms with E-state index in [9.17, 15) is 19.7 Å². The highest BCUT2D eigenvalue weighted by molar-refractivity contribution is 5.66. The molecule has 120 valence electrons. The van der Waals surface area contributed by atoms with E-state index < -0.39 is 23.0 Å². The van der Waals surface area contributed by atoms with Crippen LogP contribution in [0.25, 0.3) is 0 Å². The van der Waals surface area contributed by atoms with Crippen LogP contribution in [0.5, 0.6) is 5.75 Å². The zero-order chi connectivity index (χ0) is 16.7. The number of ether oxygens (including phenoxy) is 3. The molecule has 0 fully saturated rings. The fraction of sp³-hybridized carbons (Fsp3) is 0.429. The minimum atomic E-state index is -0.749. The lowest BCUT2D eigenvalue weighted by Gasteiger charge is -2.17. The van der Waals surface area contributed by atoms with Crippen LogP contribution in [-0.2, 0) is 19.1 Å². The van der Waals surface area contributed by atoms with Crippen LogP contribution in [0.2, 0.25) is 0 Å². The molecule has 0 N–H and O–H groups in total. The molecule has 0 aliphatic heterocycles. The summed E-state index contributed by atoms with van der Waals surface area (Å²) < 4.78 is 14.9. The molecule has 0 aromatic heterocycles. The zero-order valence-corrected chi connectivity index (χ0v) is 12.5. The normalized spacial score (nSPS) is 11.4. The fourth-order valence-corrected chi connectivity index (χ4v) is 1.85. The van der Waals surface area contributed by atoms with Crippen LogP contribution in [0, 0.1) is 10.1 Å². The molecule has 0 saturated heterocycles. The van der Waals surface area contributed by atoms with E-state index in [1.807, 2.05) is 0 Å². The quantitative estimate of drug-likeness (QED) is 0.431. The van der Waals surface area contributed by atoms with Crippen molar-refractivity contribution >= 4 is 17.6 Å². The molecule has 0 aliphatic rings.